The van der Waals surface area contributed by atoms with Crippen LogP contribution < -0.4 is 5.32 Å². The second kappa shape index (κ2) is 10.1. The first-order valence-electron chi connectivity index (χ1n) is 7.52. The molecule has 0 bridgehead atoms. The number of carbonyl (C=O) groups excluding carboxylic acids is 1. The van der Waals surface area contributed by atoms with Crippen LogP contribution in [0.2, 0.25) is 0 Å². The van der Waals surface area contributed by atoms with Gasteiger partial charge in [-0.1, -0.05) is 51.1 Å². The minimum atomic E-state index is -0.417. The first kappa shape index (κ1) is 19.3. The molecule has 21 heavy (non-hydrogen) atoms. The second-order valence-electron chi connectivity index (χ2n) is 5.20. The molecule has 0 aromatic heterocycles. The lowest BCUT2D eigenvalue weighted by Gasteiger charge is -2.17. The summed E-state index contributed by atoms with van der Waals surface area (Å²) in [5.41, 5.74) is 0.264. The summed E-state index contributed by atoms with van der Waals surface area (Å²) < 4.78 is 0. The number of amides is 1. The van der Waals surface area contributed by atoms with Crippen LogP contribution in [0.1, 0.15) is 52.5 Å². The van der Waals surface area contributed by atoms with Crippen molar-refractivity contribution in [2.75, 3.05) is 6.54 Å². The normalized spacial score (nSPS) is 10.3. The molecule has 0 saturated carbocycles. The highest BCUT2D eigenvalue weighted by Gasteiger charge is 2.12. The monoisotopic (exact) mass is 292 g/mol. The van der Waals surface area contributed by atoms with Crippen molar-refractivity contribution in [3.05, 3.63) is 35.9 Å². The van der Waals surface area contributed by atoms with Crippen molar-refractivity contribution >= 4 is 11.6 Å². The van der Waals surface area contributed by atoms with Gasteiger partial charge < -0.3 is 10.4 Å². The zero-order chi connectivity index (χ0) is 16.3. The number of carbonyl (C=O) groups is 1. The molecule has 0 spiro atoms. The Labute approximate surface area is 128 Å². The van der Waals surface area contributed by atoms with Gasteiger partial charge in [-0.3, -0.25) is 10.2 Å². The Bertz CT molecular complexity index is 422. The Morgan fingerprint density at radius 2 is 1.71 bits per heavy atom. The summed E-state index contributed by atoms with van der Waals surface area (Å²) in [4.78, 5) is 11.4. The van der Waals surface area contributed by atoms with Gasteiger partial charge in [-0.15, -0.1) is 0 Å². The van der Waals surface area contributed by atoms with E-state index in [0.717, 1.165) is 19.3 Å². The molecule has 0 atom stereocenters. The number of hydrogen-bond acceptors (Lipinski definition) is 3. The van der Waals surface area contributed by atoms with Crippen LogP contribution in [-0.2, 0) is 4.79 Å². The van der Waals surface area contributed by atoms with E-state index in [1.807, 2.05) is 45.9 Å². The highest BCUT2D eigenvalue weighted by molar-refractivity contribution is 6.44. The van der Waals surface area contributed by atoms with Gasteiger partial charge in [0.25, 0.3) is 5.91 Å². The maximum Gasteiger partial charge on any atom is 0.269 e. The molecule has 1 aromatic carbocycles. The summed E-state index contributed by atoms with van der Waals surface area (Å²) in [5.74, 6) is -0.307. The molecule has 1 amide bonds. The van der Waals surface area contributed by atoms with Gasteiger partial charge >= 0.3 is 0 Å². The summed E-state index contributed by atoms with van der Waals surface area (Å²) in [6, 6.07) is 9.01. The number of rotatable bonds is 6. The second-order valence-corrected chi connectivity index (χ2v) is 5.20. The average Bonchev–Trinajstić information content (AvgIpc) is 2.53. The fourth-order valence-electron chi connectivity index (χ4n) is 1.31. The molecule has 118 valence electrons. The van der Waals surface area contributed by atoms with E-state index in [0.29, 0.717) is 12.1 Å². The minimum absolute atomic E-state index is 0.0269. The van der Waals surface area contributed by atoms with E-state index in [1.165, 1.54) is 0 Å². The van der Waals surface area contributed by atoms with Crippen LogP contribution in [0.15, 0.2) is 30.3 Å². The predicted molar refractivity (Wildman–Crippen MR) is 87.8 cm³/mol. The SMILES string of the molecule is CCC(C)(O)CC.CCCNC(=O)C(=N)c1ccccc1. The van der Waals surface area contributed by atoms with Crippen LogP contribution in [0.5, 0.6) is 0 Å². The molecular formula is C17H28N2O2. The van der Waals surface area contributed by atoms with Crippen LogP contribution in [0.3, 0.4) is 0 Å². The summed E-state index contributed by atoms with van der Waals surface area (Å²) in [5, 5.41) is 19.4. The molecule has 4 heteroatoms. The van der Waals surface area contributed by atoms with E-state index < -0.39 is 5.60 Å². The van der Waals surface area contributed by atoms with Crippen molar-refractivity contribution in [1.82, 2.24) is 5.32 Å². The van der Waals surface area contributed by atoms with Crippen LogP contribution in [0.25, 0.3) is 0 Å². The lowest BCUT2D eigenvalue weighted by atomic mass is 10.0. The smallest absolute Gasteiger partial charge is 0.269 e. The van der Waals surface area contributed by atoms with E-state index in [2.05, 4.69) is 5.32 Å². The summed E-state index contributed by atoms with van der Waals surface area (Å²) in [6.07, 6.45) is 2.58. The van der Waals surface area contributed by atoms with E-state index >= 15 is 0 Å². The van der Waals surface area contributed by atoms with Gasteiger partial charge in [0, 0.05) is 12.1 Å². The first-order chi connectivity index (χ1) is 9.87. The molecule has 0 aliphatic carbocycles. The molecule has 4 nitrogen and oxygen atoms in total. The minimum Gasteiger partial charge on any atom is -0.390 e. The predicted octanol–water partition coefficient (Wildman–Crippen LogP) is 3.14. The number of benzene rings is 1. The van der Waals surface area contributed by atoms with Gasteiger partial charge in [-0.05, 0) is 26.2 Å². The maximum atomic E-state index is 11.4. The molecule has 0 aliphatic rings. The van der Waals surface area contributed by atoms with Gasteiger partial charge in [0.15, 0.2) is 0 Å². The molecule has 3 N–H and O–H groups in total. The third-order valence-electron chi connectivity index (χ3n) is 3.35. The summed E-state index contributed by atoms with van der Waals surface area (Å²) in [6.45, 7) is 8.43. The van der Waals surface area contributed by atoms with Crippen LogP contribution in [-0.4, -0.2) is 28.9 Å². The summed E-state index contributed by atoms with van der Waals surface area (Å²) >= 11 is 0. The van der Waals surface area contributed by atoms with Gasteiger partial charge in [-0.2, -0.15) is 0 Å². The van der Waals surface area contributed by atoms with E-state index in [4.69, 9.17) is 10.5 Å². The number of nitrogens with one attached hydrogen (secondary N) is 2. The summed E-state index contributed by atoms with van der Waals surface area (Å²) in [7, 11) is 0. The highest BCUT2D eigenvalue weighted by atomic mass is 16.3. The van der Waals surface area contributed by atoms with Crippen molar-refractivity contribution in [1.29, 1.82) is 5.41 Å². The lowest BCUT2D eigenvalue weighted by Crippen LogP contribution is -2.31. The number of hydrogen-bond donors (Lipinski definition) is 3. The zero-order valence-corrected chi connectivity index (χ0v) is 13.6. The fraction of sp³-hybridized carbons (Fsp3) is 0.529. The Morgan fingerprint density at radius 1 is 1.19 bits per heavy atom. The van der Waals surface area contributed by atoms with Crippen molar-refractivity contribution < 1.29 is 9.90 Å². The Morgan fingerprint density at radius 3 is 2.10 bits per heavy atom. The zero-order valence-electron chi connectivity index (χ0n) is 13.6. The van der Waals surface area contributed by atoms with Crippen molar-refractivity contribution in [3.63, 3.8) is 0 Å². The Balaban J connectivity index is 0.000000486. The third kappa shape index (κ3) is 8.25. The van der Waals surface area contributed by atoms with Crippen LogP contribution in [0, 0.1) is 5.41 Å². The average molecular weight is 292 g/mol. The topological polar surface area (TPSA) is 73.2 Å². The number of aliphatic hydroxyl groups is 1. The molecule has 0 radical (unpaired) electrons. The van der Waals surface area contributed by atoms with Crippen molar-refractivity contribution in [2.24, 2.45) is 0 Å². The molecule has 1 rings (SSSR count). The molecule has 0 unspecified atom stereocenters. The third-order valence-corrected chi connectivity index (χ3v) is 3.35. The Kier molecular flexibility index (Phi) is 9.30. The van der Waals surface area contributed by atoms with Crippen LogP contribution >= 0.6 is 0 Å². The van der Waals surface area contributed by atoms with Crippen molar-refractivity contribution in [2.45, 2.75) is 52.6 Å². The maximum absolute atomic E-state index is 11.4. The molecule has 0 aliphatic heterocycles. The van der Waals surface area contributed by atoms with Crippen LogP contribution in [0.4, 0.5) is 0 Å². The van der Waals surface area contributed by atoms with Gasteiger partial charge in [0.05, 0.1) is 5.60 Å². The van der Waals surface area contributed by atoms with E-state index in [1.54, 1.807) is 12.1 Å². The quantitative estimate of drug-likeness (QED) is 0.705. The van der Waals surface area contributed by atoms with Gasteiger partial charge in [0.1, 0.15) is 5.71 Å². The van der Waals surface area contributed by atoms with E-state index in [9.17, 15) is 4.79 Å². The van der Waals surface area contributed by atoms with E-state index in [-0.39, 0.29) is 11.6 Å². The first-order valence-corrected chi connectivity index (χ1v) is 7.52. The molecular weight excluding hydrogens is 264 g/mol. The van der Waals surface area contributed by atoms with Gasteiger partial charge in [0.2, 0.25) is 0 Å². The van der Waals surface area contributed by atoms with Crippen molar-refractivity contribution in [3.8, 4) is 0 Å². The standard InChI is InChI=1S/C11H14N2O.C6H14O/c1-2-8-13-11(14)10(12)9-6-4-3-5-7-9;1-4-6(3,7)5-2/h3-7,12H,2,8H2,1H3,(H,13,14);7H,4-5H2,1-3H3. The molecule has 0 fully saturated rings. The highest BCUT2D eigenvalue weighted by Crippen LogP contribution is 2.11. The lowest BCUT2D eigenvalue weighted by molar-refractivity contribution is -0.114. The Hall–Kier alpha value is -1.68. The fourth-order valence-corrected chi connectivity index (χ4v) is 1.31. The largest absolute Gasteiger partial charge is 0.390 e. The van der Waals surface area contributed by atoms with Gasteiger partial charge in [-0.25, -0.2) is 0 Å². The molecule has 0 saturated heterocycles. The molecule has 0 heterocycles. The molecule has 1 aromatic rings.